The number of amides is 3. The third-order valence-electron chi connectivity index (χ3n) is 3.62. The Kier molecular flexibility index (Phi) is 37.3. The fourth-order valence-corrected chi connectivity index (χ4v) is 2.16. The lowest BCUT2D eigenvalue weighted by Gasteiger charge is -2.42. The van der Waals surface area contributed by atoms with Crippen LogP contribution in [-0.2, 0) is 28.7 Å². The molecule has 0 radical (unpaired) electrons. The third-order valence-corrected chi connectivity index (χ3v) is 3.62. The summed E-state index contributed by atoms with van der Waals surface area (Å²) in [6, 6.07) is 0. The monoisotopic (exact) mass is 603 g/mol. The van der Waals surface area contributed by atoms with E-state index in [0.717, 1.165) is 0 Å². The second-order valence-corrected chi connectivity index (χ2v) is 7.15. The van der Waals surface area contributed by atoms with Crippen LogP contribution in [0.3, 0.4) is 0 Å². The van der Waals surface area contributed by atoms with Crippen LogP contribution < -0.4 is 41.8 Å². The minimum absolute atomic E-state index is 0. The number of primary amides is 3. The van der Waals surface area contributed by atoms with Gasteiger partial charge in [0, 0.05) is 20.8 Å². The van der Waals surface area contributed by atoms with E-state index in [4.69, 9.17) is 24.8 Å². The molecule has 9 unspecified atom stereocenters. The number of nitrogens with two attached hydrogens (primary N) is 3. The molecule has 27 N–H and O–H groups in total. The first-order valence-electron chi connectivity index (χ1n) is 9.97. The van der Waals surface area contributed by atoms with Gasteiger partial charge in [-0.2, -0.15) is 0 Å². The zero-order valence-corrected chi connectivity index (χ0v) is 22.6. The molecule has 0 aromatic carbocycles. The van der Waals surface area contributed by atoms with E-state index in [1.165, 1.54) is 20.8 Å². The molecule has 1 rings (SSSR count). The van der Waals surface area contributed by atoms with Crippen molar-refractivity contribution in [2.75, 3.05) is 13.2 Å². The van der Waals surface area contributed by atoms with Gasteiger partial charge in [-0.15, -0.1) is 0 Å². The van der Waals surface area contributed by atoms with Gasteiger partial charge in [0.1, 0.15) is 42.7 Å². The maximum Gasteiger partial charge on any atom is 0.335 e. The number of carbonyl (C=O) groups excluding carboxylic acids is 3. The zero-order valence-electron chi connectivity index (χ0n) is 22.6. The molecule has 1 heterocycles. The molecule has 1 aliphatic heterocycles. The van der Waals surface area contributed by atoms with Crippen LogP contribution in [0.4, 0.5) is 0 Å². The highest BCUT2D eigenvalue weighted by Crippen LogP contribution is 2.25. The summed E-state index contributed by atoms with van der Waals surface area (Å²) in [5.74, 6) is -2.84. The van der Waals surface area contributed by atoms with E-state index in [2.05, 4.69) is 17.2 Å². The van der Waals surface area contributed by atoms with Crippen molar-refractivity contribution in [3.63, 3.8) is 0 Å². The van der Waals surface area contributed by atoms with Crippen molar-refractivity contribution in [2.24, 2.45) is 17.2 Å². The summed E-state index contributed by atoms with van der Waals surface area (Å²) in [7, 11) is 0. The molecule has 1 saturated heterocycles. The van der Waals surface area contributed by atoms with Crippen molar-refractivity contribution in [3.8, 4) is 0 Å². The Morgan fingerprint density at radius 1 is 0.775 bits per heavy atom. The number of hydrogen-bond acceptors (Lipinski definition) is 18. The highest BCUT2D eigenvalue weighted by molar-refractivity contribution is 5.72. The van der Waals surface area contributed by atoms with Crippen LogP contribution in [0.25, 0.3) is 0 Å². The average Bonchev–Trinajstić information content (AvgIpc) is 2.74. The topological polar surface area (TPSA) is 487 Å². The minimum atomic E-state index is -2.39. The van der Waals surface area contributed by atoms with Crippen molar-refractivity contribution in [3.05, 3.63) is 0 Å². The molecule has 22 nitrogen and oxygen atoms in total. The largest absolute Gasteiger partial charge is 0.479 e. The van der Waals surface area contributed by atoms with E-state index in [9.17, 15) is 49.8 Å². The molecule has 3 amide bonds. The first-order valence-corrected chi connectivity index (χ1v) is 9.97. The van der Waals surface area contributed by atoms with Gasteiger partial charge in [0.05, 0.1) is 13.2 Å². The number of aliphatic hydroxyl groups is 8. The highest BCUT2D eigenvalue weighted by atomic mass is 16.7. The van der Waals surface area contributed by atoms with E-state index in [0.29, 0.717) is 0 Å². The van der Waals surface area contributed by atoms with E-state index in [-0.39, 0.29) is 42.3 Å². The van der Waals surface area contributed by atoms with Gasteiger partial charge in [0.15, 0.2) is 12.4 Å². The van der Waals surface area contributed by atoms with Crippen LogP contribution in [0, 0.1) is 0 Å². The van der Waals surface area contributed by atoms with Gasteiger partial charge in [-0.3, -0.25) is 14.4 Å². The van der Waals surface area contributed by atoms with Crippen LogP contribution in [0.15, 0.2) is 0 Å². The van der Waals surface area contributed by atoms with E-state index >= 15 is 0 Å². The third kappa shape index (κ3) is 24.4. The smallest absolute Gasteiger partial charge is 0.335 e. The summed E-state index contributed by atoms with van der Waals surface area (Å²) in [4.78, 5) is 38.4. The molecule has 0 aliphatic carbocycles. The second kappa shape index (κ2) is 27.9. The van der Waals surface area contributed by atoms with Crippen LogP contribution in [0.5, 0.6) is 0 Å². The van der Waals surface area contributed by atoms with E-state index in [1.54, 1.807) is 0 Å². The molecule has 0 aromatic rings. The van der Waals surface area contributed by atoms with E-state index < -0.39 is 74.3 Å². The van der Waals surface area contributed by atoms with Gasteiger partial charge in [-0.25, -0.2) is 4.79 Å². The molecule has 0 aromatic heterocycles. The standard InChI is InChI=1S/C12H22O12.3C2H5NO.4H3N/c13-1-3(15)10(7(18)8(19)11(21)22)24-12-9(20)6(17)5(16)4(2-14)23-12;3*1-2(3)4;;;;/h3-10,12-20H,1-2H2,(H,21,22);3*1H3,(H2,3,4);4*1H3. The van der Waals surface area contributed by atoms with Gasteiger partial charge in [0.25, 0.3) is 0 Å². The molecule has 1 aliphatic rings. The lowest BCUT2D eigenvalue weighted by molar-refractivity contribution is -0.326. The number of carbonyl (C=O) groups is 4. The lowest BCUT2D eigenvalue weighted by Crippen LogP contribution is -2.61. The molecule has 0 spiro atoms. The molecule has 9 atom stereocenters. The predicted molar refractivity (Wildman–Crippen MR) is 136 cm³/mol. The minimum Gasteiger partial charge on any atom is -0.479 e. The Labute approximate surface area is 230 Å². The van der Waals surface area contributed by atoms with Gasteiger partial charge < -0.3 is 97.2 Å². The molecule has 40 heavy (non-hydrogen) atoms. The maximum absolute atomic E-state index is 10.7. The van der Waals surface area contributed by atoms with E-state index in [1.807, 2.05) is 0 Å². The SMILES string of the molecule is CC(N)=O.CC(N)=O.CC(N)=O.N.N.N.N.O=C(O)C(O)C(O)C(OC1OC(CO)C(O)C(O)C1O)C(O)CO. The number of aliphatic hydroxyl groups excluding tert-OH is 8. The fraction of sp³-hybridized carbons (Fsp3) is 0.778. The maximum atomic E-state index is 10.7. The molecule has 22 heteroatoms. The normalized spacial score (nSPS) is 23.4. The average molecular weight is 604 g/mol. The Morgan fingerprint density at radius 3 is 1.40 bits per heavy atom. The molecule has 0 saturated carbocycles. The number of hydrogen-bond donors (Lipinski definition) is 16. The Bertz CT molecular complexity index is 637. The Morgan fingerprint density at radius 2 is 1.12 bits per heavy atom. The number of aliphatic carboxylic acids is 1. The summed E-state index contributed by atoms with van der Waals surface area (Å²) >= 11 is 0. The van der Waals surface area contributed by atoms with Crippen molar-refractivity contribution < 1.29 is 74.6 Å². The Hall–Kier alpha value is -2.68. The number of rotatable bonds is 8. The number of carboxylic acids is 1. The van der Waals surface area contributed by atoms with Gasteiger partial charge >= 0.3 is 5.97 Å². The first kappa shape index (κ1) is 53.6. The van der Waals surface area contributed by atoms with Gasteiger partial charge in [-0.05, 0) is 0 Å². The molecule has 1 fully saturated rings. The zero-order chi connectivity index (χ0) is 29.3. The van der Waals surface area contributed by atoms with Crippen molar-refractivity contribution in [1.29, 1.82) is 0 Å². The van der Waals surface area contributed by atoms with Gasteiger partial charge in [-0.1, -0.05) is 0 Å². The Balaban J connectivity index is -0.000000115. The fourth-order valence-electron chi connectivity index (χ4n) is 2.16. The molecule has 246 valence electrons. The predicted octanol–water partition coefficient (Wildman–Crippen LogP) is -6.55. The molecular weight excluding hydrogens is 554 g/mol. The summed E-state index contributed by atoms with van der Waals surface area (Å²) in [6.45, 7) is 2.16. The van der Waals surface area contributed by atoms with Crippen LogP contribution in [0.1, 0.15) is 20.8 Å². The quantitative estimate of drug-likeness (QED) is 0.122. The van der Waals surface area contributed by atoms with Crippen LogP contribution >= 0.6 is 0 Å². The van der Waals surface area contributed by atoms with Crippen molar-refractivity contribution in [1.82, 2.24) is 24.6 Å². The summed E-state index contributed by atoms with van der Waals surface area (Å²) in [6.07, 6.45) is -16.9. The number of carboxylic acid groups (broad SMARTS) is 1. The highest BCUT2D eigenvalue weighted by Gasteiger charge is 2.47. The van der Waals surface area contributed by atoms with Crippen molar-refractivity contribution in [2.45, 2.75) is 75.9 Å². The summed E-state index contributed by atoms with van der Waals surface area (Å²) < 4.78 is 9.98. The summed E-state index contributed by atoms with van der Waals surface area (Å²) in [5.41, 5.74) is 13.4. The number of ether oxygens (including phenoxy) is 2. The first-order chi connectivity index (χ1) is 16.3. The van der Waals surface area contributed by atoms with Crippen molar-refractivity contribution >= 4 is 23.7 Å². The molecular formula is C18H49N7O15. The van der Waals surface area contributed by atoms with Crippen LogP contribution in [0.2, 0.25) is 0 Å². The summed E-state index contributed by atoms with van der Waals surface area (Å²) in [5, 5.41) is 84.5. The molecule has 0 bridgehead atoms. The lowest BCUT2D eigenvalue weighted by atomic mass is 9.98. The van der Waals surface area contributed by atoms with Crippen LogP contribution in [-0.4, -0.2) is 138 Å². The van der Waals surface area contributed by atoms with Gasteiger partial charge in [0.2, 0.25) is 17.7 Å². The second-order valence-electron chi connectivity index (χ2n) is 7.15.